The van der Waals surface area contributed by atoms with Gasteiger partial charge in [-0.25, -0.2) is 0 Å². The lowest BCUT2D eigenvalue weighted by molar-refractivity contribution is -0.147. The van der Waals surface area contributed by atoms with E-state index in [9.17, 15) is 19.2 Å². The van der Waals surface area contributed by atoms with Gasteiger partial charge < -0.3 is 35.2 Å². The van der Waals surface area contributed by atoms with Crippen molar-refractivity contribution in [2.45, 2.75) is 117 Å². The van der Waals surface area contributed by atoms with Crippen LogP contribution < -0.4 is 16.0 Å². The lowest BCUT2D eigenvalue weighted by Crippen LogP contribution is -2.59. The van der Waals surface area contributed by atoms with Crippen LogP contribution in [0.4, 0.5) is 0 Å². The van der Waals surface area contributed by atoms with E-state index in [1.807, 2.05) is 63.9 Å². The molecule has 4 amide bonds. The van der Waals surface area contributed by atoms with Crippen molar-refractivity contribution < 1.29 is 28.7 Å². The van der Waals surface area contributed by atoms with Gasteiger partial charge in [-0.1, -0.05) is 73.1 Å². The number of likely N-dealkylation sites (N-methyl/N-ethyl adjacent to an activating group) is 2. The molecule has 12 nitrogen and oxygen atoms in total. The van der Waals surface area contributed by atoms with E-state index < -0.39 is 36.3 Å². The number of fused-ring (bicyclic) bond motifs is 1. The number of pyridine rings is 1. The molecule has 1 saturated heterocycles. The number of nitrogens with one attached hydrogen (secondary N) is 3. The predicted molar refractivity (Wildman–Crippen MR) is 209 cm³/mol. The maximum atomic E-state index is 14.2. The maximum Gasteiger partial charge on any atom is 0.245 e. The van der Waals surface area contributed by atoms with Gasteiger partial charge in [0.25, 0.3) is 0 Å². The highest BCUT2D eigenvalue weighted by atomic mass is 16.5. The first-order chi connectivity index (χ1) is 25.2. The Morgan fingerprint density at radius 2 is 1.68 bits per heavy atom. The van der Waals surface area contributed by atoms with Crippen molar-refractivity contribution in [3.63, 3.8) is 0 Å². The third-order valence-corrected chi connectivity index (χ3v) is 11.2. The smallest absolute Gasteiger partial charge is 0.245 e. The highest BCUT2D eigenvalue weighted by Crippen LogP contribution is 2.30. The average Bonchev–Trinajstić information content (AvgIpc) is 3.63. The van der Waals surface area contributed by atoms with Gasteiger partial charge in [0.05, 0.1) is 42.7 Å². The highest BCUT2D eigenvalue weighted by Gasteiger charge is 2.43. The van der Waals surface area contributed by atoms with Crippen molar-refractivity contribution in [1.29, 1.82) is 0 Å². The van der Waals surface area contributed by atoms with Gasteiger partial charge in [0.2, 0.25) is 23.6 Å². The van der Waals surface area contributed by atoms with Crippen LogP contribution in [0.5, 0.6) is 0 Å². The summed E-state index contributed by atoms with van der Waals surface area (Å²) in [6.45, 7) is 14.7. The fourth-order valence-corrected chi connectivity index (χ4v) is 7.93. The van der Waals surface area contributed by atoms with E-state index in [4.69, 9.17) is 9.47 Å². The Morgan fingerprint density at radius 3 is 2.28 bits per heavy atom. The number of aromatic nitrogens is 1. The molecule has 1 aromatic carbocycles. The summed E-state index contributed by atoms with van der Waals surface area (Å²) in [5.41, 5.74) is 1.12. The van der Waals surface area contributed by atoms with E-state index in [1.165, 1.54) is 0 Å². The molecule has 0 radical (unpaired) electrons. The second-order valence-electron chi connectivity index (χ2n) is 15.4. The number of likely N-dealkylation sites (tertiary alicyclic amines) is 1. The van der Waals surface area contributed by atoms with Crippen LogP contribution in [0.2, 0.25) is 0 Å². The van der Waals surface area contributed by atoms with Gasteiger partial charge in [-0.2, -0.15) is 0 Å². The Labute approximate surface area is 317 Å². The summed E-state index contributed by atoms with van der Waals surface area (Å²) in [5.74, 6) is -1.28. The SMILES string of the molecule is CC[C@H](C)C([C@@H](CC(=O)N1CCC[C@H]1[C@H](OC)[C@@H](C)C(=O)NCCc1cccc2ccncc12)OC)N(C)C(=O)[C@@H](NC(=O)[C@@H](NC)C(C)C)C(C)C. The van der Waals surface area contributed by atoms with Crippen LogP contribution in [0.3, 0.4) is 0 Å². The minimum atomic E-state index is -0.746. The quantitative estimate of drug-likeness (QED) is 0.184. The molecule has 12 heteroatoms. The molecule has 2 aromatic rings. The number of nitrogens with zero attached hydrogens (tertiary/aromatic N) is 3. The number of ether oxygens (including phenoxy) is 2. The zero-order valence-electron chi connectivity index (χ0n) is 34.0. The number of carbonyl (C=O) groups is 4. The van der Waals surface area contributed by atoms with Crippen LogP contribution in [-0.2, 0) is 35.1 Å². The zero-order chi connectivity index (χ0) is 39.4. The largest absolute Gasteiger partial charge is 0.379 e. The Hall–Kier alpha value is -3.61. The number of rotatable bonds is 20. The van der Waals surface area contributed by atoms with Gasteiger partial charge in [0.15, 0.2) is 0 Å². The van der Waals surface area contributed by atoms with Gasteiger partial charge in [0.1, 0.15) is 6.04 Å². The van der Waals surface area contributed by atoms with E-state index in [2.05, 4.69) is 40.8 Å². The fraction of sp³-hybridized carbons (Fsp3) is 0.683. The van der Waals surface area contributed by atoms with Crippen LogP contribution in [0.25, 0.3) is 10.8 Å². The van der Waals surface area contributed by atoms with Gasteiger partial charge >= 0.3 is 0 Å². The average molecular weight is 739 g/mol. The summed E-state index contributed by atoms with van der Waals surface area (Å²) in [6, 6.07) is 6.21. The Kier molecular flexibility index (Phi) is 17.1. The molecule has 2 heterocycles. The number of hydrogen-bond acceptors (Lipinski definition) is 8. The molecule has 0 saturated carbocycles. The minimum absolute atomic E-state index is 0.000823. The number of carbonyl (C=O) groups excluding carboxylic acids is 4. The molecule has 0 spiro atoms. The van der Waals surface area contributed by atoms with E-state index in [-0.39, 0.29) is 53.8 Å². The molecule has 1 aliphatic rings. The first-order valence-electron chi connectivity index (χ1n) is 19.4. The Bertz CT molecular complexity index is 1500. The second-order valence-corrected chi connectivity index (χ2v) is 15.4. The third kappa shape index (κ3) is 11.0. The fourth-order valence-electron chi connectivity index (χ4n) is 7.93. The summed E-state index contributed by atoms with van der Waals surface area (Å²) in [5, 5.41) is 11.3. The van der Waals surface area contributed by atoms with Gasteiger partial charge in [-0.05, 0) is 61.1 Å². The van der Waals surface area contributed by atoms with Crippen LogP contribution in [0.15, 0.2) is 36.7 Å². The molecule has 8 atom stereocenters. The normalized spacial score (nSPS) is 18.7. The van der Waals surface area contributed by atoms with E-state index in [0.29, 0.717) is 19.5 Å². The van der Waals surface area contributed by atoms with Crippen LogP contribution in [-0.4, -0.2) is 116 Å². The van der Waals surface area contributed by atoms with E-state index in [1.54, 1.807) is 39.4 Å². The number of benzene rings is 1. The topological polar surface area (TPSA) is 142 Å². The lowest BCUT2D eigenvalue weighted by atomic mass is 9.89. The van der Waals surface area contributed by atoms with Crippen LogP contribution in [0, 0.1) is 23.7 Å². The van der Waals surface area contributed by atoms with E-state index >= 15 is 0 Å². The van der Waals surface area contributed by atoms with Crippen molar-refractivity contribution in [3.8, 4) is 0 Å². The highest BCUT2D eigenvalue weighted by molar-refractivity contribution is 5.90. The van der Waals surface area contributed by atoms with Crippen molar-refractivity contribution >= 4 is 34.4 Å². The Balaban J connectivity index is 1.72. The molecule has 1 aliphatic heterocycles. The summed E-state index contributed by atoms with van der Waals surface area (Å²) in [6.07, 6.45) is 5.53. The standard InChI is InChI=1S/C41H66N6O6/c1-12-27(6)37(46(9)41(51)36(26(4)5)45-40(50)35(42-8)25(2)3)33(52-10)23-34(48)47-22-14-17-32(47)38(53-11)28(7)39(49)44-21-19-30-16-13-15-29-18-20-43-24-31(29)30/h13,15-16,18,20,24-28,32-33,35-38,42H,12,14,17,19,21-23H2,1-11H3,(H,44,49)(H,45,50)/t27-,28+,32-,33+,35-,36-,37?,38+/m0/s1. The summed E-state index contributed by atoms with van der Waals surface area (Å²) >= 11 is 0. The lowest BCUT2D eigenvalue weighted by Gasteiger charge is -2.41. The predicted octanol–water partition coefficient (Wildman–Crippen LogP) is 4.20. The number of hydrogen-bond donors (Lipinski definition) is 3. The summed E-state index contributed by atoms with van der Waals surface area (Å²) < 4.78 is 12.0. The molecule has 3 rings (SSSR count). The molecule has 1 fully saturated rings. The summed E-state index contributed by atoms with van der Waals surface area (Å²) in [4.78, 5) is 62.7. The molecular weight excluding hydrogens is 672 g/mol. The zero-order valence-corrected chi connectivity index (χ0v) is 34.0. The monoisotopic (exact) mass is 739 g/mol. The third-order valence-electron chi connectivity index (χ3n) is 11.2. The van der Waals surface area contributed by atoms with Gasteiger partial charge in [-0.3, -0.25) is 24.2 Å². The van der Waals surface area contributed by atoms with Crippen molar-refractivity contribution in [1.82, 2.24) is 30.7 Å². The molecule has 0 aliphatic carbocycles. The molecule has 53 heavy (non-hydrogen) atoms. The number of methoxy groups -OCH3 is 2. The van der Waals surface area contributed by atoms with Crippen LogP contribution >= 0.6 is 0 Å². The Morgan fingerprint density at radius 1 is 0.981 bits per heavy atom. The van der Waals surface area contributed by atoms with Gasteiger partial charge in [0, 0.05) is 52.1 Å². The molecule has 3 N–H and O–H groups in total. The van der Waals surface area contributed by atoms with Crippen LogP contribution in [0.1, 0.15) is 79.7 Å². The molecule has 0 bridgehead atoms. The maximum absolute atomic E-state index is 14.2. The first kappa shape index (κ1) is 43.8. The number of amides is 4. The van der Waals surface area contributed by atoms with Crippen molar-refractivity contribution in [3.05, 3.63) is 42.2 Å². The molecule has 1 aromatic heterocycles. The summed E-state index contributed by atoms with van der Waals surface area (Å²) in [7, 11) is 6.66. The molecule has 1 unspecified atom stereocenters. The van der Waals surface area contributed by atoms with Gasteiger partial charge in [-0.15, -0.1) is 0 Å². The molecular formula is C41H66N6O6. The van der Waals surface area contributed by atoms with Crippen molar-refractivity contribution in [2.24, 2.45) is 23.7 Å². The van der Waals surface area contributed by atoms with E-state index in [0.717, 1.165) is 35.6 Å². The first-order valence-corrected chi connectivity index (χ1v) is 19.4. The van der Waals surface area contributed by atoms with Crippen molar-refractivity contribution in [2.75, 3.05) is 41.4 Å². The molecule has 296 valence electrons. The second kappa shape index (κ2) is 20.7. The minimum Gasteiger partial charge on any atom is -0.379 e.